The zero-order chi connectivity index (χ0) is 14.6. The van der Waals surface area contributed by atoms with Crippen LogP contribution in [0, 0.1) is 5.92 Å². The smallest absolute Gasteiger partial charge is 0.308 e. The summed E-state index contributed by atoms with van der Waals surface area (Å²) in [5, 5.41) is 10.1. The van der Waals surface area contributed by atoms with Crippen molar-refractivity contribution in [1.29, 1.82) is 0 Å². The molecule has 3 atom stereocenters. The van der Waals surface area contributed by atoms with Gasteiger partial charge in [0, 0.05) is 35.6 Å². The van der Waals surface area contributed by atoms with Gasteiger partial charge in [0.2, 0.25) is 0 Å². The third kappa shape index (κ3) is 2.12. The van der Waals surface area contributed by atoms with Crippen LogP contribution in [0.5, 0.6) is 5.75 Å². The van der Waals surface area contributed by atoms with Gasteiger partial charge in [0.05, 0.1) is 12.5 Å². The van der Waals surface area contributed by atoms with Gasteiger partial charge in [0.25, 0.3) is 0 Å². The first kappa shape index (κ1) is 13.4. The maximum Gasteiger partial charge on any atom is 0.308 e. The summed E-state index contributed by atoms with van der Waals surface area (Å²) in [7, 11) is 0. The first-order valence-corrected chi connectivity index (χ1v) is 7.94. The number of fused-ring (bicyclic) bond motifs is 3. The highest BCUT2D eigenvalue weighted by Crippen LogP contribution is 2.44. The van der Waals surface area contributed by atoms with Gasteiger partial charge in [-0.15, -0.1) is 0 Å². The number of carbonyl (C=O) groups is 1. The second kappa shape index (κ2) is 4.89. The number of hydrogen-bond acceptors (Lipinski definition) is 3. The van der Waals surface area contributed by atoms with Gasteiger partial charge in [0.1, 0.15) is 5.75 Å². The molecule has 0 amide bonds. The van der Waals surface area contributed by atoms with Gasteiger partial charge in [-0.05, 0) is 37.0 Å². The molecule has 0 spiro atoms. The topological polar surface area (TPSA) is 49.8 Å². The van der Waals surface area contributed by atoms with Gasteiger partial charge >= 0.3 is 5.97 Å². The van der Waals surface area contributed by atoms with Crippen molar-refractivity contribution >= 4 is 17.6 Å². The van der Waals surface area contributed by atoms with E-state index < -0.39 is 5.97 Å². The molecule has 4 rings (SSSR count). The number of halogens is 1. The zero-order valence-electron chi connectivity index (χ0n) is 11.7. The molecule has 5 heteroatoms. The van der Waals surface area contributed by atoms with Crippen LogP contribution >= 0.6 is 11.6 Å². The maximum atomic E-state index is 11.4. The fraction of sp³-hybridized carbons (Fsp3) is 0.562. The Kier molecular flexibility index (Phi) is 3.12. The molecule has 0 saturated carbocycles. The summed E-state index contributed by atoms with van der Waals surface area (Å²) >= 11 is 6.21. The van der Waals surface area contributed by atoms with E-state index in [1.54, 1.807) is 0 Å². The van der Waals surface area contributed by atoms with Crippen molar-refractivity contribution < 1.29 is 14.6 Å². The Labute approximate surface area is 128 Å². The van der Waals surface area contributed by atoms with Crippen LogP contribution in [0.4, 0.5) is 0 Å². The number of aliphatic carboxylic acids is 1. The van der Waals surface area contributed by atoms with E-state index in [4.69, 9.17) is 16.3 Å². The van der Waals surface area contributed by atoms with Gasteiger partial charge in [-0.25, -0.2) is 0 Å². The normalized spacial score (nSPS) is 30.4. The van der Waals surface area contributed by atoms with E-state index in [1.165, 1.54) is 5.56 Å². The van der Waals surface area contributed by atoms with Crippen LogP contribution in [0.25, 0.3) is 0 Å². The van der Waals surface area contributed by atoms with E-state index in [0.717, 1.165) is 48.6 Å². The number of carboxylic acid groups (broad SMARTS) is 1. The lowest BCUT2D eigenvalue weighted by molar-refractivity contribution is -0.142. The lowest BCUT2D eigenvalue weighted by Crippen LogP contribution is -2.32. The number of hydrogen-bond donors (Lipinski definition) is 1. The first-order valence-electron chi connectivity index (χ1n) is 7.56. The Bertz CT molecular complexity index is 603. The molecular formula is C16H18ClNO3. The third-order valence-electron chi connectivity index (χ3n) is 5.18. The quantitative estimate of drug-likeness (QED) is 0.933. The lowest BCUT2D eigenvalue weighted by Gasteiger charge is -2.23. The Balaban J connectivity index is 1.62. The number of rotatable bonds is 3. The van der Waals surface area contributed by atoms with Crippen LogP contribution in [0.3, 0.4) is 0 Å². The average molecular weight is 308 g/mol. The summed E-state index contributed by atoms with van der Waals surface area (Å²) in [4.78, 5) is 13.7. The van der Waals surface area contributed by atoms with Crippen LogP contribution in [-0.2, 0) is 17.8 Å². The molecule has 1 aromatic rings. The predicted octanol–water partition coefficient (Wildman–Crippen LogP) is 2.71. The molecule has 0 aromatic heterocycles. The molecule has 0 radical (unpaired) electrons. The van der Waals surface area contributed by atoms with Gasteiger partial charge in [-0.3, -0.25) is 9.69 Å². The van der Waals surface area contributed by atoms with Crippen molar-refractivity contribution in [3.63, 3.8) is 0 Å². The SMILES string of the molecule is O=C(O)C1CC2CCC1N2Cc1cc(Cl)cc2c1OCC2. The average Bonchev–Trinajstić information content (AvgIpc) is 3.13. The highest BCUT2D eigenvalue weighted by molar-refractivity contribution is 6.30. The summed E-state index contributed by atoms with van der Waals surface area (Å²) in [6, 6.07) is 4.52. The minimum Gasteiger partial charge on any atom is -0.493 e. The van der Waals surface area contributed by atoms with E-state index in [-0.39, 0.29) is 12.0 Å². The standard InChI is InChI=1S/C16H18ClNO3/c17-11-5-9-3-4-21-15(9)10(6-11)8-18-12-1-2-14(18)13(7-12)16(19)20/h5-6,12-14H,1-4,7-8H2,(H,19,20). The monoisotopic (exact) mass is 307 g/mol. The molecule has 2 fully saturated rings. The number of benzene rings is 1. The van der Waals surface area contributed by atoms with Crippen LogP contribution in [0.2, 0.25) is 5.02 Å². The van der Waals surface area contributed by atoms with Crippen molar-refractivity contribution in [2.24, 2.45) is 5.92 Å². The van der Waals surface area contributed by atoms with E-state index in [9.17, 15) is 9.90 Å². The molecule has 2 bridgehead atoms. The number of nitrogens with zero attached hydrogens (tertiary/aromatic N) is 1. The highest BCUT2D eigenvalue weighted by Gasteiger charge is 2.49. The highest BCUT2D eigenvalue weighted by atomic mass is 35.5. The molecule has 1 aromatic carbocycles. The largest absolute Gasteiger partial charge is 0.493 e. The minimum atomic E-state index is -0.653. The summed E-state index contributed by atoms with van der Waals surface area (Å²) in [5.41, 5.74) is 2.29. The molecule has 3 aliphatic rings. The maximum absolute atomic E-state index is 11.4. The van der Waals surface area contributed by atoms with Gasteiger partial charge in [0.15, 0.2) is 0 Å². The third-order valence-corrected chi connectivity index (χ3v) is 5.39. The number of carboxylic acids is 1. The molecule has 112 valence electrons. The Morgan fingerprint density at radius 1 is 1.43 bits per heavy atom. The second-order valence-electron chi connectivity index (χ2n) is 6.30. The van der Waals surface area contributed by atoms with Gasteiger partial charge in [-0.1, -0.05) is 11.6 Å². The van der Waals surface area contributed by atoms with Crippen LogP contribution in [-0.4, -0.2) is 34.7 Å². The summed E-state index contributed by atoms with van der Waals surface area (Å²) in [6.07, 6.45) is 3.79. The van der Waals surface area contributed by atoms with Crippen molar-refractivity contribution in [2.45, 2.75) is 44.3 Å². The van der Waals surface area contributed by atoms with Crippen molar-refractivity contribution in [2.75, 3.05) is 6.61 Å². The summed E-state index contributed by atoms with van der Waals surface area (Å²) in [6.45, 7) is 1.47. The van der Waals surface area contributed by atoms with Crippen LogP contribution < -0.4 is 4.74 Å². The molecule has 1 N–H and O–H groups in total. The number of ether oxygens (including phenoxy) is 1. The van der Waals surface area contributed by atoms with Crippen LogP contribution in [0.15, 0.2) is 12.1 Å². The first-order chi connectivity index (χ1) is 10.1. The van der Waals surface area contributed by atoms with Crippen molar-refractivity contribution in [3.05, 3.63) is 28.3 Å². The summed E-state index contributed by atoms with van der Waals surface area (Å²) in [5.74, 6) is 0.106. The van der Waals surface area contributed by atoms with E-state index in [0.29, 0.717) is 12.6 Å². The van der Waals surface area contributed by atoms with Crippen molar-refractivity contribution in [3.8, 4) is 5.75 Å². The Hall–Kier alpha value is -1.26. The molecule has 2 saturated heterocycles. The summed E-state index contributed by atoms with van der Waals surface area (Å²) < 4.78 is 5.76. The Morgan fingerprint density at radius 2 is 2.29 bits per heavy atom. The van der Waals surface area contributed by atoms with Crippen molar-refractivity contribution in [1.82, 2.24) is 4.90 Å². The zero-order valence-corrected chi connectivity index (χ0v) is 12.5. The molecule has 3 unspecified atom stereocenters. The van der Waals surface area contributed by atoms with Crippen LogP contribution in [0.1, 0.15) is 30.4 Å². The van der Waals surface area contributed by atoms with E-state index >= 15 is 0 Å². The molecule has 3 aliphatic heterocycles. The minimum absolute atomic E-state index is 0.170. The predicted molar refractivity (Wildman–Crippen MR) is 78.7 cm³/mol. The fourth-order valence-electron chi connectivity index (χ4n) is 4.27. The van der Waals surface area contributed by atoms with Gasteiger partial charge in [-0.2, -0.15) is 0 Å². The molecule has 3 heterocycles. The molecule has 0 aliphatic carbocycles. The molecular weight excluding hydrogens is 290 g/mol. The van der Waals surface area contributed by atoms with E-state index in [2.05, 4.69) is 4.90 Å². The Morgan fingerprint density at radius 3 is 3.05 bits per heavy atom. The lowest BCUT2D eigenvalue weighted by atomic mass is 9.89. The molecule has 21 heavy (non-hydrogen) atoms. The molecule has 4 nitrogen and oxygen atoms in total. The van der Waals surface area contributed by atoms with E-state index in [1.807, 2.05) is 12.1 Å². The van der Waals surface area contributed by atoms with Gasteiger partial charge < -0.3 is 9.84 Å². The fourth-order valence-corrected chi connectivity index (χ4v) is 4.54. The second-order valence-corrected chi connectivity index (χ2v) is 6.74.